The van der Waals surface area contributed by atoms with Crippen molar-refractivity contribution >= 4 is 11.4 Å². The Labute approximate surface area is 85.9 Å². The van der Waals surface area contributed by atoms with Gasteiger partial charge in [0.05, 0.1) is 11.4 Å². The maximum atomic E-state index is 3.48. The lowest BCUT2D eigenvalue weighted by Gasteiger charge is -2.36. The normalized spacial score (nSPS) is 20.3. The molecule has 1 aliphatic heterocycles. The Kier molecular flexibility index (Phi) is 2.14. The summed E-state index contributed by atoms with van der Waals surface area (Å²) < 4.78 is 0. The van der Waals surface area contributed by atoms with Crippen molar-refractivity contribution in [1.29, 1.82) is 0 Å². The first-order chi connectivity index (χ1) is 6.59. The van der Waals surface area contributed by atoms with Gasteiger partial charge < -0.3 is 10.2 Å². The molecule has 0 bridgehead atoms. The highest BCUT2D eigenvalue weighted by molar-refractivity contribution is 5.76. The Hall–Kier alpha value is -1.18. The van der Waals surface area contributed by atoms with Crippen LogP contribution in [0.1, 0.15) is 18.1 Å². The first kappa shape index (κ1) is 9.38. The number of hydrogen-bond acceptors (Lipinski definition) is 2. The molecule has 76 valence electrons. The highest BCUT2D eigenvalue weighted by atomic mass is 15.2. The van der Waals surface area contributed by atoms with Gasteiger partial charge in [0, 0.05) is 19.6 Å². The molecule has 0 radical (unpaired) electrons. The number of rotatable bonds is 0. The first-order valence-electron chi connectivity index (χ1n) is 5.17. The minimum Gasteiger partial charge on any atom is -0.381 e. The second kappa shape index (κ2) is 3.19. The fourth-order valence-electron chi connectivity index (χ4n) is 2.18. The molecule has 1 atom stereocenters. The molecule has 0 saturated heterocycles. The largest absolute Gasteiger partial charge is 0.381 e. The molecule has 0 aliphatic carbocycles. The fraction of sp³-hybridized carbons (Fsp3) is 0.500. The molecule has 0 amide bonds. The van der Waals surface area contributed by atoms with Crippen molar-refractivity contribution in [3.63, 3.8) is 0 Å². The number of nitrogens with zero attached hydrogens (tertiary/aromatic N) is 1. The number of fused-ring (bicyclic) bond motifs is 1. The summed E-state index contributed by atoms with van der Waals surface area (Å²) in [5.41, 5.74) is 5.33. The average molecular weight is 190 g/mol. The minimum atomic E-state index is 0.573. The van der Waals surface area contributed by atoms with Gasteiger partial charge >= 0.3 is 0 Å². The molecule has 0 aromatic heterocycles. The van der Waals surface area contributed by atoms with Crippen molar-refractivity contribution in [2.45, 2.75) is 26.8 Å². The van der Waals surface area contributed by atoms with Crippen LogP contribution >= 0.6 is 0 Å². The van der Waals surface area contributed by atoms with Crippen LogP contribution < -0.4 is 10.2 Å². The third kappa shape index (κ3) is 1.35. The van der Waals surface area contributed by atoms with E-state index in [9.17, 15) is 0 Å². The summed E-state index contributed by atoms with van der Waals surface area (Å²) in [6, 6.07) is 5.05. The van der Waals surface area contributed by atoms with Crippen LogP contribution in [0.2, 0.25) is 0 Å². The van der Waals surface area contributed by atoms with Crippen LogP contribution in [0.4, 0.5) is 11.4 Å². The summed E-state index contributed by atoms with van der Waals surface area (Å²) in [6.45, 7) is 7.61. The van der Waals surface area contributed by atoms with E-state index in [4.69, 9.17) is 0 Å². The SMILES string of the molecule is Cc1cc(C)c2c(c1)NCC(C)N2C. The minimum absolute atomic E-state index is 0.573. The maximum Gasteiger partial charge on any atom is 0.0632 e. The Morgan fingerprint density at radius 1 is 1.36 bits per heavy atom. The third-order valence-electron chi connectivity index (χ3n) is 3.05. The monoisotopic (exact) mass is 190 g/mol. The van der Waals surface area contributed by atoms with E-state index in [0.717, 1.165) is 6.54 Å². The van der Waals surface area contributed by atoms with E-state index >= 15 is 0 Å². The van der Waals surface area contributed by atoms with Crippen LogP contribution in [-0.2, 0) is 0 Å². The molecule has 1 aromatic carbocycles. The molecular weight excluding hydrogens is 172 g/mol. The molecule has 1 aromatic rings. The topological polar surface area (TPSA) is 15.3 Å². The molecule has 1 unspecified atom stereocenters. The lowest BCUT2D eigenvalue weighted by Crippen LogP contribution is -2.39. The van der Waals surface area contributed by atoms with E-state index in [1.807, 2.05) is 0 Å². The summed E-state index contributed by atoms with van der Waals surface area (Å²) >= 11 is 0. The standard InChI is InChI=1S/C12H18N2/c1-8-5-9(2)12-11(6-8)13-7-10(3)14(12)4/h5-6,10,13H,7H2,1-4H3. The number of benzene rings is 1. The van der Waals surface area contributed by atoms with Crippen LogP contribution in [0.3, 0.4) is 0 Å². The number of anilines is 2. The van der Waals surface area contributed by atoms with E-state index in [2.05, 4.69) is 50.2 Å². The fourth-order valence-corrected chi connectivity index (χ4v) is 2.18. The van der Waals surface area contributed by atoms with Gasteiger partial charge in [-0.2, -0.15) is 0 Å². The molecule has 0 fully saturated rings. The molecule has 1 N–H and O–H groups in total. The first-order valence-corrected chi connectivity index (χ1v) is 5.17. The van der Waals surface area contributed by atoms with Crippen LogP contribution in [0.15, 0.2) is 12.1 Å². The van der Waals surface area contributed by atoms with Crippen molar-refractivity contribution in [2.24, 2.45) is 0 Å². The van der Waals surface area contributed by atoms with Gasteiger partial charge in [-0.1, -0.05) is 6.07 Å². The van der Waals surface area contributed by atoms with E-state index in [1.54, 1.807) is 0 Å². The number of nitrogens with one attached hydrogen (secondary N) is 1. The molecule has 1 heterocycles. The molecule has 2 rings (SSSR count). The zero-order chi connectivity index (χ0) is 10.3. The second-order valence-electron chi connectivity index (χ2n) is 4.32. The van der Waals surface area contributed by atoms with E-state index in [0.29, 0.717) is 6.04 Å². The number of likely N-dealkylation sites (N-methyl/N-ethyl adjacent to an activating group) is 1. The van der Waals surface area contributed by atoms with E-state index in [-0.39, 0.29) is 0 Å². The Morgan fingerprint density at radius 3 is 2.79 bits per heavy atom. The zero-order valence-electron chi connectivity index (χ0n) is 9.39. The Morgan fingerprint density at radius 2 is 2.07 bits per heavy atom. The predicted octanol–water partition coefficient (Wildman–Crippen LogP) is 2.55. The number of hydrogen-bond donors (Lipinski definition) is 1. The van der Waals surface area contributed by atoms with Crippen molar-refractivity contribution in [3.05, 3.63) is 23.3 Å². The summed E-state index contributed by atoms with van der Waals surface area (Å²) in [6.07, 6.45) is 0. The van der Waals surface area contributed by atoms with Crippen molar-refractivity contribution < 1.29 is 0 Å². The average Bonchev–Trinajstić information content (AvgIpc) is 2.10. The van der Waals surface area contributed by atoms with Crippen molar-refractivity contribution in [1.82, 2.24) is 0 Å². The molecule has 14 heavy (non-hydrogen) atoms. The van der Waals surface area contributed by atoms with Gasteiger partial charge in [0.2, 0.25) is 0 Å². The maximum absolute atomic E-state index is 3.48. The third-order valence-corrected chi connectivity index (χ3v) is 3.05. The molecule has 1 aliphatic rings. The van der Waals surface area contributed by atoms with Crippen LogP contribution in [0, 0.1) is 13.8 Å². The second-order valence-corrected chi connectivity index (χ2v) is 4.32. The molecular formula is C12H18N2. The lowest BCUT2D eigenvalue weighted by atomic mass is 10.0. The van der Waals surface area contributed by atoms with Crippen molar-refractivity contribution in [2.75, 3.05) is 23.8 Å². The molecule has 2 heteroatoms. The molecule has 0 saturated carbocycles. The van der Waals surface area contributed by atoms with Gasteiger partial charge in [0.15, 0.2) is 0 Å². The van der Waals surface area contributed by atoms with Crippen LogP contribution in [0.25, 0.3) is 0 Å². The van der Waals surface area contributed by atoms with Crippen LogP contribution in [-0.4, -0.2) is 19.6 Å². The van der Waals surface area contributed by atoms with Gasteiger partial charge in [0.1, 0.15) is 0 Å². The quantitative estimate of drug-likeness (QED) is 0.676. The predicted molar refractivity (Wildman–Crippen MR) is 62.3 cm³/mol. The number of aryl methyl sites for hydroxylation is 2. The Bertz CT molecular complexity index is 358. The van der Waals surface area contributed by atoms with Crippen molar-refractivity contribution in [3.8, 4) is 0 Å². The van der Waals surface area contributed by atoms with Gasteiger partial charge in [-0.25, -0.2) is 0 Å². The van der Waals surface area contributed by atoms with Gasteiger partial charge in [-0.05, 0) is 38.0 Å². The van der Waals surface area contributed by atoms with E-state index in [1.165, 1.54) is 22.5 Å². The van der Waals surface area contributed by atoms with E-state index < -0.39 is 0 Å². The Balaban J connectivity index is 2.54. The summed E-state index contributed by atoms with van der Waals surface area (Å²) in [4.78, 5) is 2.36. The smallest absolute Gasteiger partial charge is 0.0632 e. The lowest BCUT2D eigenvalue weighted by molar-refractivity contribution is 0.697. The zero-order valence-corrected chi connectivity index (χ0v) is 9.39. The van der Waals surface area contributed by atoms with Crippen LogP contribution in [0.5, 0.6) is 0 Å². The summed E-state index contributed by atoms with van der Waals surface area (Å²) in [5.74, 6) is 0. The van der Waals surface area contributed by atoms with Gasteiger partial charge in [-0.3, -0.25) is 0 Å². The molecule has 2 nitrogen and oxygen atoms in total. The highest BCUT2D eigenvalue weighted by Gasteiger charge is 2.20. The van der Waals surface area contributed by atoms with Gasteiger partial charge in [-0.15, -0.1) is 0 Å². The molecule has 0 spiro atoms. The summed E-state index contributed by atoms with van der Waals surface area (Å²) in [5, 5.41) is 3.48. The summed E-state index contributed by atoms with van der Waals surface area (Å²) in [7, 11) is 2.17. The van der Waals surface area contributed by atoms with Gasteiger partial charge in [0.25, 0.3) is 0 Å². The highest BCUT2D eigenvalue weighted by Crippen LogP contribution is 2.34.